The predicted molar refractivity (Wildman–Crippen MR) is 83.5 cm³/mol. The van der Waals surface area contributed by atoms with Crippen molar-refractivity contribution in [2.75, 3.05) is 6.73 Å². The van der Waals surface area contributed by atoms with E-state index in [-0.39, 0.29) is 6.73 Å². The van der Waals surface area contributed by atoms with Crippen molar-refractivity contribution in [2.24, 2.45) is 15.0 Å². The number of fused-ring (bicyclic) bond motifs is 4. The second-order valence-electron chi connectivity index (χ2n) is 4.83. The van der Waals surface area contributed by atoms with Gasteiger partial charge in [-0.15, -0.1) is 0 Å². The molecule has 3 heterocycles. The highest BCUT2D eigenvalue weighted by molar-refractivity contribution is 5.88. The van der Waals surface area contributed by atoms with Crippen LogP contribution in [0.25, 0.3) is 12.3 Å². The molecule has 22 heavy (non-hydrogen) atoms. The van der Waals surface area contributed by atoms with Crippen molar-refractivity contribution in [3.63, 3.8) is 0 Å². The van der Waals surface area contributed by atoms with E-state index in [0.29, 0.717) is 5.49 Å². The van der Waals surface area contributed by atoms with E-state index in [4.69, 9.17) is 4.74 Å². The van der Waals surface area contributed by atoms with Crippen LogP contribution in [0.5, 0.6) is 0 Å². The molecule has 2 aromatic rings. The molecular formula is C17H12N4O. The number of hydrogen-bond acceptors (Lipinski definition) is 5. The zero-order valence-corrected chi connectivity index (χ0v) is 11.7. The third kappa shape index (κ3) is 2.44. The first kappa shape index (κ1) is 12.6. The van der Waals surface area contributed by atoms with Crippen LogP contribution in [0, 0.1) is 0 Å². The average molecular weight is 288 g/mol. The monoisotopic (exact) mass is 288 g/mol. The van der Waals surface area contributed by atoms with E-state index in [0.717, 1.165) is 27.0 Å². The highest BCUT2D eigenvalue weighted by Crippen LogP contribution is 2.15. The third-order valence-electron chi connectivity index (χ3n) is 3.38. The fraction of sp³-hybridized carbons (Fsp3) is 0.0588. The Morgan fingerprint density at radius 1 is 1.09 bits per heavy atom. The summed E-state index contributed by atoms with van der Waals surface area (Å²) < 4.78 is 5.37. The van der Waals surface area contributed by atoms with Gasteiger partial charge in [0, 0.05) is 12.4 Å². The lowest BCUT2D eigenvalue weighted by Gasteiger charge is -1.94. The molecule has 0 saturated carbocycles. The summed E-state index contributed by atoms with van der Waals surface area (Å²) in [5.74, 6) is 0. The molecule has 4 rings (SSSR count). The fourth-order valence-electron chi connectivity index (χ4n) is 2.24. The molecule has 0 amide bonds. The van der Waals surface area contributed by atoms with E-state index in [2.05, 4.69) is 20.0 Å². The number of rotatable bonds is 0. The topological polar surface area (TPSA) is 59.2 Å². The highest BCUT2D eigenvalue weighted by atomic mass is 16.5. The van der Waals surface area contributed by atoms with Crippen LogP contribution >= 0.6 is 0 Å². The van der Waals surface area contributed by atoms with Crippen molar-refractivity contribution in [2.45, 2.75) is 0 Å². The Labute approximate surface area is 126 Å². The number of hydrogen-bond donors (Lipinski definition) is 0. The molecule has 5 nitrogen and oxygen atoms in total. The van der Waals surface area contributed by atoms with Gasteiger partial charge in [-0.2, -0.15) is 0 Å². The molecule has 0 bridgehead atoms. The molecule has 0 atom stereocenters. The minimum Gasteiger partial charge on any atom is -0.479 e. The van der Waals surface area contributed by atoms with E-state index < -0.39 is 0 Å². The van der Waals surface area contributed by atoms with Crippen molar-refractivity contribution < 1.29 is 4.74 Å². The Kier molecular flexibility index (Phi) is 3.08. The number of nitrogens with zero attached hydrogens (tertiary/aromatic N) is 4. The molecule has 0 radical (unpaired) electrons. The van der Waals surface area contributed by atoms with Crippen molar-refractivity contribution in [3.05, 3.63) is 69.6 Å². The summed E-state index contributed by atoms with van der Waals surface area (Å²) in [5, 5.41) is 3.00. The van der Waals surface area contributed by atoms with Gasteiger partial charge in [-0.25, -0.2) is 15.0 Å². The van der Waals surface area contributed by atoms with Crippen LogP contribution in [0.15, 0.2) is 57.8 Å². The fourth-order valence-corrected chi connectivity index (χ4v) is 2.24. The number of aromatic nitrogens is 1. The van der Waals surface area contributed by atoms with Gasteiger partial charge < -0.3 is 4.74 Å². The lowest BCUT2D eigenvalue weighted by Crippen LogP contribution is -2.23. The van der Waals surface area contributed by atoms with Crippen LogP contribution in [0.3, 0.4) is 0 Å². The van der Waals surface area contributed by atoms with Gasteiger partial charge in [0.2, 0.25) is 0 Å². The number of ether oxygens (including phenoxy) is 1. The first-order valence-electron chi connectivity index (χ1n) is 6.91. The molecule has 2 aliphatic heterocycles. The van der Waals surface area contributed by atoms with Crippen LogP contribution in [0.4, 0.5) is 5.69 Å². The molecule has 0 unspecified atom stereocenters. The maximum absolute atomic E-state index is 5.37. The molecule has 1 aromatic carbocycles. The van der Waals surface area contributed by atoms with Crippen molar-refractivity contribution in [1.82, 2.24) is 4.98 Å². The molecule has 0 fully saturated rings. The Morgan fingerprint density at radius 3 is 2.95 bits per heavy atom. The minimum atomic E-state index is 0.211. The van der Waals surface area contributed by atoms with Gasteiger partial charge in [-0.1, -0.05) is 30.3 Å². The molecule has 106 valence electrons. The van der Waals surface area contributed by atoms with Gasteiger partial charge in [0.25, 0.3) is 0 Å². The summed E-state index contributed by atoms with van der Waals surface area (Å²) in [5.41, 5.74) is 2.35. The Balaban J connectivity index is 1.89. The maximum Gasteiger partial charge on any atom is 0.180 e. The second kappa shape index (κ2) is 5.37. The second-order valence-corrected chi connectivity index (χ2v) is 4.83. The summed E-state index contributed by atoms with van der Waals surface area (Å²) in [7, 11) is 0. The summed E-state index contributed by atoms with van der Waals surface area (Å²) in [6, 6.07) is 8.02. The zero-order valence-electron chi connectivity index (χ0n) is 11.7. The van der Waals surface area contributed by atoms with Gasteiger partial charge in [-0.3, -0.25) is 4.99 Å². The van der Waals surface area contributed by atoms with Crippen LogP contribution in [0.1, 0.15) is 5.56 Å². The van der Waals surface area contributed by atoms with Gasteiger partial charge in [0.15, 0.2) is 12.2 Å². The number of aliphatic imine (C=N–C) groups is 1. The number of benzene rings is 1. The highest BCUT2D eigenvalue weighted by Gasteiger charge is 2.14. The first-order valence-corrected chi connectivity index (χ1v) is 6.91. The van der Waals surface area contributed by atoms with Gasteiger partial charge in [0.05, 0.1) is 18.0 Å². The molecule has 2 aliphatic rings. The summed E-state index contributed by atoms with van der Waals surface area (Å²) in [6.07, 6.45) is 10.7. The van der Waals surface area contributed by atoms with E-state index in [1.807, 2.05) is 42.6 Å². The lowest BCUT2D eigenvalue weighted by atomic mass is 10.2. The van der Waals surface area contributed by atoms with E-state index in [9.17, 15) is 0 Å². The molecule has 0 spiro atoms. The van der Waals surface area contributed by atoms with E-state index in [1.165, 1.54) is 0 Å². The maximum atomic E-state index is 5.37. The van der Waals surface area contributed by atoms with Gasteiger partial charge in [0.1, 0.15) is 11.0 Å². The largest absolute Gasteiger partial charge is 0.479 e. The van der Waals surface area contributed by atoms with Gasteiger partial charge >= 0.3 is 0 Å². The van der Waals surface area contributed by atoms with Crippen molar-refractivity contribution >= 4 is 24.2 Å². The Hall–Kier alpha value is -3.08. The standard InChI is InChI=1S/C17H12N4O/c1-2-5-13-8-18-9-14-16-15(21-16)10-19-17(14)20-11-22-7-3-6-12(13)4-1/h1-10H,11H2. The Bertz CT molecular complexity index is 1040. The quantitative estimate of drug-likeness (QED) is 0.589. The molecule has 5 heteroatoms. The Morgan fingerprint density at radius 2 is 2.00 bits per heavy atom. The molecule has 0 aliphatic carbocycles. The first-order chi connectivity index (χ1) is 10.9. The third-order valence-corrected chi connectivity index (χ3v) is 3.38. The molecule has 0 N–H and O–H groups in total. The minimum absolute atomic E-state index is 0.211. The van der Waals surface area contributed by atoms with Gasteiger partial charge in [-0.05, 0) is 16.5 Å². The van der Waals surface area contributed by atoms with Crippen LogP contribution in [-0.2, 0) is 4.74 Å². The van der Waals surface area contributed by atoms with Crippen molar-refractivity contribution in [1.29, 1.82) is 0 Å². The van der Waals surface area contributed by atoms with Crippen LogP contribution < -0.4 is 21.3 Å². The predicted octanol–water partition coefficient (Wildman–Crippen LogP) is 0.105. The number of pyridine rings is 1. The van der Waals surface area contributed by atoms with E-state index in [1.54, 1.807) is 18.7 Å². The SMILES string of the molecule is C1=COCN=c2ncc3c(c2C=NC=c2ccccc2=C1)N=3. The van der Waals surface area contributed by atoms with Crippen molar-refractivity contribution in [3.8, 4) is 0 Å². The average Bonchev–Trinajstić information content (AvgIpc) is 3.32. The summed E-state index contributed by atoms with van der Waals surface area (Å²) in [6.45, 7) is 0.211. The molecule has 0 saturated heterocycles. The van der Waals surface area contributed by atoms with Crippen LogP contribution in [-0.4, -0.2) is 17.9 Å². The van der Waals surface area contributed by atoms with E-state index >= 15 is 0 Å². The lowest BCUT2D eigenvalue weighted by molar-refractivity contribution is 0.258. The number of allylic oxidation sites excluding steroid dienone is 1. The summed E-state index contributed by atoms with van der Waals surface area (Å²) >= 11 is 0. The molecule has 1 aromatic heterocycles. The molecular weight excluding hydrogens is 276 g/mol. The summed E-state index contributed by atoms with van der Waals surface area (Å²) in [4.78, 5) is 17.3. The normalized spacial score (nSPS) is 14.7. The zero-order chi connectivity index (χ0) is 14.8. The van der Waals surface area contributed by atoms with Crippen LogP contribution in [0.2, 0.25) is 0 Å². The smallest absolute Gasteiger partial charge is 0.180 e.